The predicted octanol–water partition coefficient (Wildman–Crippen LogP) is 11.9. The maximum absolute atomic E-state index is 8.97. The lowest BCUT2D eigenvalue weighted by molar-refractivity contribution is 1.17. The van der Waals surface area contributed by atoms with Crippen LogP contribution in [0.4, 0.5) is 0 Å². The second-order valence-corrected chi connectivity index (χ2v) is 11.9. The molecule has 2 nitrogen and oxygen atoms in total. The van der Waals surface area contributed by atoms with Crippen molar-refractivity contribution in [2.45, 2.75) is 0 Å². The minimum atomic E-state index is -0.497. The van der Waals surface area contributed by atoms with Crippen LogP contribution in [0, 0.1) is 0 Å². The van der Waals surface area contributed by atoms with Gasteiger partial charge in [0.1, 0.15) is 0 Å². The van der Waals surface area contributed by atoms with Crippen molar-refractivity contribution in [1.29, 1.82) is 0 Å². The van der Waals surface area contributed by atoms with E-state index in [1.54, 1.807) is 12.1 Å². The number of rotatable bonds is 3. The number of benzene rings is 7. The summed E-state index contributed by atoms with van der Waals surface area (Å²) in [4.78, 5) is 0. The van der Waals surface area contributed by atoms with E-state index in [2.05, 4.69) is 4.57 Å². The van der Waals surface area contributed by atoms with Crippen LogP contribution < -0.4 is 0 Å². The lowest BCUT2D eigenvalue weighted by Crippen LogP contribution is -1.96. The second kappa shape index (κ2) is 9.43. The first-order valence-corrected chi connectivity index (χ1v) is 15.1. The number of nitrogens with zero attached hydrogens (tertiary/aromatic N) is 2. The molecule has 3 heteroatoms. The van der Waals surface area contributed by atoms with Gasteiger partial charge in [0.25, 0.3) is 0 Å². The summed E-state index contributed by atoms with van der Waals surface area (Å²) in [6.45, 7) is 0. The summed E-state index contributed by atoms with van der Waals surface area (Å²) in [6, 6.07) is 19.8. The van der Waals surface area contributed by atoms with Crippen molar-refractivity contribution in [2.75, 3.05) is 0 Å². The quantitative estimate of drug-likeness (QED) is 0.190. The SMILES string of the molecule is [2H]c1c([2H])c([2H])c(-c2ccc3c(c2)sc2cccc(-n4c5ccccc5c5cc(-n6c7c([2H])c([2H])c([2H])c([2H])c7c7c([2H])c([2H])c([2H])c([2H])c76)ccc54)c23)c([2H])c1[2H]. The van der Waals surface area contributed by atoms with E-state index >= 15 is 0 Å². The number of para-hydroxylation sites is 3. The van der Waals surface area contributed by atoms with Gasteiger partial charge in [-0.2, -0.15) is 0 Å². The molecular weight excluding hydrogens is 565 g/mol. The third kappa shape index (κ3) is 3.56. The van der Waals surface area contributed by atoms with Crippen LogP contribution in [-0.2, 0) is 0 Å². The molecule has 0 atom stereocenters. The lowest BCUT2D eigenvalue weighted by Gasteiger charge is -2.12. The van der Waals surface area contributed by atoms with E-state index in [9.17, 15) is 0 Å². The van der Waals surface area contributed by atoms with Gasteiger partial charge in [-0.3, -0.25) is 0 Å². The molecule has 0 spiro atoms. The maximum atomic E-state index is 8.97. The molecule has 10 aromatic rings. The number of thiophene rings is 1. The van der Waals surface area contributed by atoms with Crippen LogP contribution in [0.2, 0.25) is 0 Å². The molecule has 0 amide bonds. The van der Waals surface area contributed by atoms with E-state index < -0.39 is 42.3 Å². The summed E-state index contributed by atoms with van der Waals surface area (Å²) < 4.78 is 116. The van der Waals surface area contributed by atoms with E-state index in [-0.39, 0.29) is 63.6 Å². The fraction of sp³-hybridized carbons (Fsp3) is 0. The molecule has 0 bridgehead atoms. The van der Waals surface area contributed by atoms with Gasteiger partial charge in [-0.25, -0.2) is 0 Å². The van der Waals surface area contributed by atoms with Gasteiger partial charge in [0.15, 0.2) is 0 Å². The molecule has 45 heavy (non-hydrogen) atoms. The van der Waals surface area contributed by atoms with Gasteiger partial charge in [-0.05, 0) is 65.7 Å². The van der Waals surface area contributed by atoms with Crippen LogP contribution in [0.1, 0.15) is 17.8 Å². The molecule has 7 aromatic carbocycles. The fourth-order valence-corrected chi connectivity index (χ4v) is 7.75. The van der Waals surface area contributed by atoms with Crippen molar-refractivity contribution in [2.24, 2.45) is 0 Å². The Morgan fingerprint density at radius 3 is 2.00 bits per heavy atom. The predicted molar refractivity (Wildman–Crippen MR) is 193 cm³/mol. The summed E-state index contributed by atoms with van der Waals surface area (Å²) in [5.74, 6) is 0. The zero-order valence-corrected chi connectivity index (χ0v) is 24.1. The molecule has 3 heterocycles. The van der Waals surface area contributed by atoms with Crippen LogP contribution in [0.15, 0.2) is 157 Å². The fourth-order valence-electron chi connectivity index (χ4n) is 6.58. The summed E-state index contributed by atoms with van der Waals surface area (Å²) in [7, 11) is 0. The van der Waals surface area contributed by atoms with Crippen molar-refractivity contribution < 1.29 is 17.8 Å². The average Bonchev–Trinajstić information content (AvgIpc) is 3.90. The van der Waals surface area contributed by atoms with Gasteiger partial charge in [-0.1, -0.05) is 103 Å². The highest BCUT2D eigenvalue weighted by Gasteiger charge is 2.19. The summed E-state index contributed by atoms with van der Waals surface area (Å²) in [6.07, 6.45) is 0. The summed E-state index contributed by atoms with van der Waals surface area (Å²) >= 11 is 1.53. The van der Waals surface area contributed by atoms with Gasteiger partial charge in [0.05, 0.1) is 45.6 Å². The van der Waals surface area contributed by atoms with Gasteiger partial charge in [0.2, 0.25) is 0 Å². The first-order chi connectivity index (χ1) is 27.7. The Morgan fingerprint density at radius 2 is 1.18 bits per heavy atom. The molecule has 0 N–H and O–H groups in total. The Morgan fingerprint density at radius 1 is 0.444 bits per heavy atom. The average molecular weight is 604 g/mol. The van der Waals surface area contributed by atoms with Crippen molar-refractivity contribution in [3.8, 4) is 22.5 Å². The number of fused-ring (bicyclic) bond motifs is 9. The van der Waals surface area contributed by atoms with Gasteiger partial charge in [0, 0.05) is 47.4 Å². The third-order valence-corrected chi connectivity index (χ3v) is 9.57. The molecule has 0 fully saturated rings. The minimum absolute atomic E-state index is 0.0151. The van der Waals surface area contributed by atoms with Crippen LogP contribution in [0.25, 0.3) is 86.3 Å². The molecule has 10 rings (SSSR count). The molecule has 0 aliphatic heterocycles. The molecule has 3 aromatic heterocycles. The molecule has 210 valence electrons. The van der Waals surface area contributed by atoms with Crippen LogP contribution >= 0.6 is 11.3 Å². The standard InChI is InChI=1S/C42H26N2S/c1-2-11-27(12-3-1)28-21-23-33-41(25-28)45-40-20-10-19-39(42(33)40)44-37-18-9-6-15-32(37)34-26-29(22-24-38(34)44)43-35-16-7-4-13-30(35)31-14-5-8-17-36(31)43/h1-26H/i1D,2D,3D,4D,5D,7D,8D,11D,12D,13D,14D,16D,17D. The molecule has 0 aliphatic rings. The normalized spacial score (nSPS) is 16.0. The van der Waals surface area contributed by atoms with Crippen molar-refractivity contribution in [1.82, 2.24) is 9.13 Å². The Bertz CT molecular complexity index is 3400. The zero-order valence-electron chi connectivity index (χ0n) is 36.3. The summed E-state index contributed by atoms with van der Waals surface area (Å²) in [5, 5.41) is 3.58. The highest BCUT2D eigenvalue weighted by molar-refractivity contribution is 7.26. The largest absolute Gasteiger partial charge is 0.309 e. The van der Waals surface area contributed by atoms with Crippen LogP contribution in [-0.4, -0.2) is 9.13 Å². The Balaban J connectivity index is 1.25. The number of hydrogen-bond acceptors (Lipinski definition) is 1. The van der Waals surface area contributed by atoms with Crippen molar-refractivity contribution in [3.63, 3.8) is 0 Å². The van der Waals surface area contributed by atoms with Crippen molar-refractivity contribution >= 4 is 75.1 Å². The molecule has 0 saturated heterocycles. The highest BCUT2D eigenvalue weighted by Crippen LogP contribution is 2.43. The maximum Gasteiger partial charge on any atom is 0.0645 e. The van der Waals surface area contributed by atoms with E-state index in [0.717, 1.165) is 47.7 Å². The third-order valence-electron chi connectivity index (χ3n) is 8.45. The minimum Gasteiger partial charge on any atom is -0.309 e. The first kappa shape index (κ1) is 15.4. The smallest absolute Gasteiger partial charge is 0.0645 e. The first-order valence-electron chi connectivity index (χ1n) is 20.8. The molecular formula is C42H26N2S. The van der Waals surface area contributed by atoms with Crippen LogP contribution in [0.5, 0.6) is 0 Å². The molecule has 0 unspecified atom stereocenters. The van der Waals surface area contributed by atoms with E-state index in [1.807, 2.05) is 66.7 Å². The van der Waals surface area contributed by atoms with E-state index in [1.165, 1.54) is 15.9 Å². The molecule has 0 radical (unpaired) electrons. The van der Waals surface area contributed by atoms with Gasteiger partial charge >= 0.3 is 0 Å². The second-order valence-electron chi connectivity index (χ2n) is 10.8. The Hall–Kier alpha value is -5.64. The van der Waals surface area contributed by atoms with Crippen molar-refractivity contribution in [3.05, 3.63) is 157 Å². The van der Waals surface area contributed by atoms with E-state index in [4.69, 9.17) is 17.8 Å². The molecule has 0 saturated carbocycles. The zero-order chi connectivity index (χ0) is 40.8. The lowest BCUT2D eigenvalue weighted by atomic mass is 10.0. The Kier molecular flexibility index (Phi) is 3.22. The molecule has 0 aliphatic carbocycles. The van der Waals surface area contributed by atoms with Gasteiger partial charge in [-0.15, -0.1) is 11.3 Å². The van der Waals surface area contributed by atoms with Crippen LogP contribution in [0.3, 0.4) is 0 Å². The Labute approximate surface area is 281 Å². The topological polar surface area (TPSA) is 9.86 Å². The summed E-state index contributed by atoms with van der Waals surface area (Å²) in [5.41, 5.74) is 3.77. The monoisotopic (exact) mass is 603 g/mol. The highest BCUT2D eigenvalue weighted by atomic mass is 32.1. The van der Waals surface area contributed by atoms with Gasteiger partial charge < -0.3 is 9.13 Å². The number of aromatic nitrogens is 2. The number of hydrogen-bond donors (Lipinski definition) is 0. The van der Waals surface area contributed by atoms with E-state index in [0.29, 0.717) is 11.3 Å².